The molecule has 0 saturated carbocycles. The van der Waals surface area contributed by atoms with Crippen molar-refractivity contribution in [1.29, 1.82) is 0 Å². The number of anilines is 2. The fourth-order valence-electron chi connectivity index (χ4n) is 2.74. The normalized spacial score (nSPS) is 21.4. The minimum Gasteiger partial charge on any atom is -0.384 e. The Labute approximate surface area is 123 Å². The summed E-state index contributed by atoms with van der Waals surface area (Å²) in [4.78, 5) is 24.3. The summed E-state index contributed by atoms with van der Waals surface area (Å²) in [7, 11) is 0. The minimum absolute atomic E-state index is 0.0267. The number of urea groups is 1. The third-order valence-electron chi connectivity index (χ3n) is 3.77. The van der Waals surface area contributed by atoms with Crippen LogP contribution in [0.4, 0.5) is 16.4 Å². The SMILES string of the molecule is CCOCc1nc(N)cc(N2CCN3C(=O)NCC3C2)n1. The van der Waals surface area contributed by atoms with E-state index in [4.69, 9.17) is 10.5 Å². The van der Waals surface area contributed by atoms with Crippen molar-refractivity contribution in [1.82, 2.24) is 20.2 Å². The zero-order valence-corrected chi connectivity index (χ0v) is 12.1. The predicted octanol–water partition coefficient (Wildman–Crippen LogP) is -0.191. The summed E-state index contributed by atoms with van der Waals surface area (Å²) in [5, 5.41) is 2.87. The number of nitrogens with zero attached hydrogens (tertiary/aromatic N) is 4. The van der Waals surface area contributed by atoms with E-state index in [9.17, 15) is 4.79 Å². The summed E-state index contributed by atoms with van der Waals surface area (Å²) in [6.45, 7) is 5.77. The Balaban J connectivity index is 1.74. The topological polar surface area (TPSA) is 96.6 Å². The van der Waals surface area contributed by atoms with Gasteiger partial charge in [-0.1, -0.05) is 0 Å². The molecule has 114 valence electrons. The van der Waals surface area contributed by atoms with Crippen molar-refractivity contribution in [2.45, 2.75) is 19.6 Å². The van der Waals surface area contributed by atoms with Crippen LogP contribution >= 0.6 is 0 Å². The van der Waals surface area contributed by atoms with Crippen molar-refractivity contribution in [3.63, 3.8) is 0 Å². The van der Waals surface area contributed by atoms with Crippen LogP contribution in [0.1, 0.15) is 12.7 Å². The van der Waals surface area contributed by atoms with E-state index in [-0.39, 0.29) is 12.1 Å². The van der Waals surface area contributed by atoms with E-state index in [1.165, 1.54) is 0 Å². The molecule has 0 aliphatic carbocycles. The molecule has 8 heteroatoms. The Hall–Kier alpha value is -2.09. The highest BCUT2D eigenvalue weighted by molar-refractivity contribution is 5.77. The van der Waals surface area contributed by atoms with Gasteiger partial charge in [0.1, 0.15) is 18.2 Å². The van der Waals surface area contributed by atoms with E-state index < -0.39 is 0 Å². The maximum absolute atomic E-state index is 11.6. The number of nitrogen functional groups attached to an aromatic ring is 1. The Kier molecular flexibility index (Phi) is 3.78. The number of rotatable bonds is 4. The van der Waals surface area contributed by atoms with Gasteiger partial charge in [0.25, 0.3) is 0 Å². The molecule has 2 amide bonds. The molecule has 2 saturated heterocycles. The highest BCUT2D eigenvalue weighted by Crippen LogP contribution is 2.21. The van der Waals surface area contributed by atoms with E-state index in [0.29, 0.717) is 37.9 Å². The van der Waals surface area contributed by atoms with E-state index in [1.54, 1.807) is 6.07 Å². The molecule has 3 N–H and O–H groups in total. The first-order chi connectivity index (χ1) is 10.2. The molecule has 2 aliphatic heterocycles. The lowest BCUT2D eigenvalue weighted by molar-refractivity contribution is 0.128. The molecule has 2 aliphatic rings. The van der Waals surface area contributed by atoms with Crippen LogP contribution in [0, 0.1) is 0 Å². The van der Waals surface area contributed by atoms with Crippen molar-refractivity contribution in [3.05, 3.63) is 11.9 Å². The molecule has 2 fully saturated rings. The summed E-state index contributed by atoms with van der Waals surface area (Å²) in [6, 6.07) is 1.99. The van der Waals surface area contributed by atoms with Gasteiger partial charge in [-0.15, -0.1) is 0 Å². The maximum Gasteiger partial charge on any atom is 0.317 e. The molecule has 0 radical (unpaired) electrons. The largest absolute Gasteiger partial charge is 0.384 e. The van der Waals surface area contributed by atoms with Crippen LogP contribution in [0.2, 0.25) is 0 Å². The van der Waals surface area contributed by atoms with E-state index in [1.807, 2.05) is 11.8 Å². The highest BCUT2D eigenvalue weighted by Gasteiger charge is 2.35. The predicted molar refractivity (Wildman–Crippen MR) is 77.9 cm³/mol. The van der Waals surface area contributed by atoms with Gasteiger partial charge in [-0.25, -0.2) is 14.8 Å². The number of nitrogens with one attached hydrogen (secondary N) is 1. The molecule has 3 rings (SSSR count). The lowest BCUT2D eigenvalue weighted by Gasteiger charge is -2.37. The van der Waals surface area contributed by atoms with E-state index >= 15 is 0 Å². The molecule has 8 nitrogen and oxygen atoms in total. The average molecular weight is 292 g/mol. The highest BCUT2D eigenvalue weighted by atomic mass is 16.5. The first-order valence-corrected chi connectivity index (χ1v) is 7.18. The van der Waals surface area contributed by atoms with Crippen molar-refractivity contribution in [2.24, 2.45) is 0 Å². The fraction of sp³-hybridized carbons (Fsp3) is 0.615. The molecule has 3 heterocycles. The van der Waals surface area contributed by atoms with Gasteiger partial charge < -0.3 is 25.6 Å². The molecular weight excluding hydrogens is 272 g/mol. The molecule has 1 atom stereocenters. The zero-order valence-electron chi connectivity index (χ0n) is 12.1. The second kappa shape index (κ2) is 5.72. The van der Waals surface area contributed by atoms with Crippen LogP contribution in [-0.4, -0.2) is 59.7 Å². The third-order valence-corrected chi connectivity index (χ3v) is 3.77. The fourth-order valence-corrected chi connectivity index (χ4v) is 2.74. The van der Waals surface area contributed by atoms with Gasteiger partial charge in [0, 0.05) is 38.9 Å². The summed E-state index contributed by atoms with van der Waals surface area (Å²) in [5.74, 6) is 1.84. The van der Waals surface area contributed by atoms with Crippen LogP contribution in [-0.2, 0) is 11.3 Å². The molecular formula is C13H20N6O2. The summed E-state index contributed by atoms with van der Waals surface area (Å²) < 4.78 is 5.34. The first kappa shape index (κ1) is 13.9. The molecule has 21 heavy (non-hydrogen) atoms. The first-order valence-electron chi connectivity index (χ1n) is 7.18. The number of nitrogens with two attached hydrogens (primary N) is 1. The van der Waals surface area contributed by atoms with Gasteiger partial charge in [-0.05, 0) is 6.92 Å². The quantitative estimate of drug-likeness (QED) is 0.798. The summed E-state index contributed by atoms with van der Waals surface area (Å²) >= 11 is 0. The second-order valence-electron chi connectivity index (χ2n) is 5.18. The number of amides is 2. The molecule has 1 aromatic rings. The third kappa shape index (κ3) is 2.85. The monoisotopic (exact) mass is 292 g/mol. The van der Waals surface area contributed by atoms with Crippen molar-refractivity contribution in [3.8, 4) is 0 Å². The maximum atomic E-state index is 11.6. The number of hydrogen-bond donors (Lipinski definition) is 2. The van der Waals surface area contributed by atoms with Crippen LogP contribution < -0.4 is 16.0 Å². The molecule has 0 spiro atoms. The lowest BCUT2D eigenvalue weighted by Crippen LogP contribution is -2.52. The van der Waals surface area contributed by atoms with Gasteiger partial charge in [-0.2, -0.15) is 0 Å². The molecule has 1 unspecified atom stereocenters. The number of ether oxygens (including phenoxy) is 1. The van der Waals surface area contributed by atoms with Crippen molar-refractivity contribution in [2.75, 3.05) is 43.4 Å². The Morgan fingerprint density at radius 1 is 1.48 bits per heavy atom. The second-order valence-corrected chi connectivity index (χ2v) is 5.18. The van der Waals surface area contributed by atoms with Gasteiger partial charge in [0.2, 0.25) is 0 Å². The Morgan fingerprint density at radius 3 is 3.14 bits per heavy atom. The van der Waals surface area contributed by atoms with Gasteiger partial charge in [0.15, 0.2) is 5.82 Å². The number of hydrogen-bond acceptors (Lipinski definition) is 6. The summed E-state index contributed by atoms with van der Waals surface area (Å²) in [5.41, 5.74) is 5.86. The van der Waals surface area contributed by atoms with Gasteiger partial charge in [-0.3, -0.25) is 0 Å². The zero-order chi connectivity index (χ0) is 14.8. The smallest absolute Gasteiger partial charge is 0.317 e. The molecule has 0 aromatic carbocycles. The van der Waals surface area contributed by atoms with Crippen LogP contribution in [0.15, 0.2) is 6.07 Å². The summed E-state index contributed by atoms with van der Waals surface area (Å²) in [6.07, 6.45) is 0. The number of fused-ring (bicyclic) bond motifs is 1. The average Bonchev–Trinajstić information content (AvgIpc) is 2.85. The lowest BCUT2D eigenvalue weighted by atomic mass is 10.2. The Bertz CT molecular complexity index is 537. The number of carbonyl (C=O) groups is 1. The minimum atomic E-state index is 0.0267. The van der Waals surface area contributed by atoms with E-state index in [2.05, 4.69) is 20.2 Å². The van der Waals surface area contributed by atoms with Crippen molar-refractivity contribution >= 4 is 17.7 Å². The number of carbonyl (C=O) groups excluding carboxylic acids is 1. The van der Waals surface area contributed by atoms with Crippen LogP contribution in [0.25, 0.3) is 0 Å². The van der Waals surface area contributed by atoms with Gasteiger partial charge in [0.05, 0.1) is 6.04 Å². The standard InChI is InChI=1S/C13H20N6O2/c1-2-21-8-11-16-10(14)5-12(17-11)18-3-4-19-9(7-18)6-15-13(19)20/h5,9H,2-4,6-8H2,1H3,(H,15,20)(H2,14,16,17). The van der Waals surface area contributed by atoms with Crippen LogP contribution in [0.3, 0.4) is 0 Å². The molecule has 0 bridgehead atoms. The van der Waals surface area contributed by atoms with Crippen molar-refractivity contribution < 1.29 is 9.53 Å². The number of aromatic nitrogens is 2. The van der Waals surface area contributed by atoms with E-state index in [0.717, 1.165) is 18.9 Å². The molecule has 1 aromatic heterocycles. The Morgan fingerprint density at radius 2 is 2.33 bits per heavy atom. The van der Waals surface area contributed by atoms with Gasteiger partial charge >= 0.3 is 6.03 Å². The number of piperazine rings is 1. The van der Waals surface area contributed by atoms with Crippen LogP contribution in [0.5, 0.6) is 0 Å².